The van der Waals surface area contributed by atoms with Gasteiger partial charge in [-0.15, -0.1) is 35.9 Å². The van der Waals surface area contributed by atoms with Crippen molar-refractivity contribution in [2.24, 2.45) is 0 Å². The Morgan fingerprint density at radius 2 is 1.34 bits per heavy atom. The summed E-state index contributed by atoms with van der Waals surface area (Å²) in [6.45, 7) is 4.30. The Hall–Kier alpha value is -2.35. The van der Waals surface area contributed by atoms with E-state index in [9.17, 15) is 0 Å². The van der Waals surface area contributed by atoms with E-state index in [1.54, 1.807) is 0 Å². The third kappa shape index (κ3) is 4.47. The van der Waals surface area contributed by atoms with Crippen LogP contribution in [-0.4, -0.2) is 9.97 Å². The number of rotatable bonds is 4. The van der Waals surface area contributed by atoms with Gasteiger partial charge in [0, 0.05) is 11.1 Å². The van der Waals surface area contributed by atoms with Crippen LogP contribution in [0.15, 0.2) is 89.8 Å². The van der Waals surface area contributed by atoms with Gasteiger partial charge in [0.1, 0.15) is 0 Å². The SMILES string of the molecule is CC(C)(c1cccc(-c2[c-]cccc2)n1)c1cccc(-c2ccccc2[S-])n1.[Pt+2]. The number of pyridine rings is 2. The molecule has 146 valence electrons. The van der Waals surface area contributed by atoms with Gasteiger partial charge in [0.05, 0.1) is 11.4 Å². The Morgan fingerprint density at radius 1 is 0.724 bits per heavy atom. The number of hydrogen-bond acceptors (Lipinski definition) is 3. The summed E-state index contributed by atoms with van der Waals surface area (Å²) in [6.07, 6.45) is 0. The van der Waals surface area contributed by atoms with Crippen molar-refractivity contribution in [3.05, 3.63) is 102 Å². The number of nitrogens with zero attached hydrogens (tertiary/aromatic N) is 2. The van der Waals surface area contributed by atoms with Crippen LogP contribution in [0.25, 0.3) is 22.5 Å². The molecule has 0 N–H and O–H groups in total. The molecule has 2 nitrogen and oxygen atoms in total. The normalized spacial score (nSPS) is 11.0. The molecule has 0 amide bonds. The van der Waals surface area contributed by atoms with Gasteiger partial charge in [-0.05, 0) is 43.3 Å². The molecule has 2 aromatic heterocycles. The second-order valence-corrected chi connectivity index (χ2v) is 7.65. The Labute approximate surface area is 192 Å². The third-order valence-electron chi connectivity index (χ3n) is 4.93. The molecule has 0 radical (unpaired) electrons. The quantitative estimate of drug-likeness (QED) is 0.226. The van der Waals surface area contributed by atoms with Crippen LogP contribution in [-0.2, 0) is 39.1 Å². The van der Waals surface area contributed by atoms with Crippen LogP contribution in [0.2, 0.25) is 0 Å². The maximum Gasteiger partial charge on any atom is 2.00 e. The van der Waals surface area contributed by atoms with Crippen LogP contribution in [0.1, 0.15) is 25.2 Å². The molecule has 0 fully saturated rings. The molecule has 0 bridgehead atoms. The van der Waals surface area contributed by atoms with Crippen LogP contribution in [0.3, 0.4) is 0 Å². The van der Waals surface area contributed by atoms with Crippen molar-refractivity contribution in [2.75, 3.05) is 0 Å². The van der Waals surface area contributed by atoms with E-state index in [0.717, 1.165) is 38.8 Å². The van der Waals surface area contributed by atoms with Gasteiger partial charge in [0.25, 0.3) is 0 Å². The molecule has 0 atom stereocenters. The molecule has 2 heterocycles. The summed E-state index contributed by atoms with van der Waals surface area (Å²) in [5, 5.41) is 0. The summed E-state index contributed by atoms with van der Waals surface area (Å²) in [7, 11) is 0. The molecule has 0 saturated heterocycles. The van der Waals surface area contributed by atoms with Crippen molar-refractivity contribution in [3.63, 3.8) is 0 Å². The number of hydrogen-bond donors (Lipinski definition) is 0. The summed E-state index contributed by atoms with van der Waals surface area (Å²) in [6, 6.07) is 31.3. The third-order valence-corrected chi connectivity index (χ3v) is 5.28. The van der Waals surface area contributed by atoms with Gasteiger partial charge in [0.2, 0.25) is 0 Å². The van der Waals surface area contributed by atoms with E-state index in [2.05, 4.69) is 32.0 Å². The smallest absolute Gasteiger partial charge is 0.779 e. The van der Waals surface area contributed by atoms with E-state index in [-0.39, 0.29) is 26.5 Å². The van der Waals surface area contributed by atoms with Crippen molar-refractivity contribution < 1.29 is 21.1 Å². The fraction of sp³-hybridized carbons (Fsp3) is 0.120. The molecule has 4 rings (SSSR count). The van der Waals surface area contributed by atoms with Crippen molar-refractivity contribution in [3.8, 4) is 22.5 Å². The van der Waals surface area contributed by atoms with Gasteiger partial charge in [-0.3, -0.25) is 4.98 Å². The second-order valence-electron chi connectivity index (χ2n) is 7.21. The summed E-state index contributed by atoms with van der Waals surface area (Å²) in [4.78, 5) is 10.7. The molecule has 0 unspecified atom stereocenters. The first kappa shape index (κ1) is 21.4. The average molecular weight is 576 g/mol. The molecule has 0 aliphatic heterocycles. The predicted molar refractivity (Wildman–Crippen MR) is 116 cm³/mol. The van der Waals surface area contributed by atoms with Crippen molar-refractivity contribution in [1.29, 1.82) is 0 Å². The molecule has 0 aliphatic rings. The maximum atomic E-state index is 5.48. The molecule has 29 heavy (non-hydrogen) atoms. The molecule has 2 aromatic carbocycles. The topological polar surface area (TPSA) is 25.8 Å². The minimum Gasteiger partial charge on any atom is -0.779 e. The van der Waals surface area contributed by atoms with Gasteiger partial charge in [0.15, 0.2) is 0 Å². The second kappa shape index (κ2) is 8.98. The number of aromatic nitrogens is 2. The van der Waals surface area contributed by atoms with Gasteiger partial charge < -0.3 is 17.6 Å². The fourth-order valence-electron chi connectivity index (χ4n) is 3.23. The van der Waals surface area contributed by atoms with E-state index in [1.807, 2.05) is 72.8 Å². The summed E-state index contributed by atoms with van der Waals surface area (Å²) < 4.78 is 0. The fourth-order valence-corrected chi connectivity index (χ4v) is 3.48. The monoisotopic (exact) mass is 575 g/mol. The summed E-state index contributed by atoms with van der Waals surface area (Å²) in [5.74, 6) is 0. The van der Waals surface area contributed by atoms with E-state index in [1.165, 1.54) is 0 Å². The zero-order valence-corrected chi connectivity index (χ0v) is 19.3. The first-order valence-corrected chi connectivity index (χ1v) is 9.65. The zero-order valence-electron chi connectivity index (χ0n) is 16.2. The predicted octanol–water partition coefficient (Wildman–Crippen LogP) is 5.84. The van der Waals surface area contributed by atoms with Gasteiger partial charge >= 0.3 is 21.1 Å². The van der Waals surface area contributed by atoms with Crippen molar-refractivity contribution >= 4 is 12.6 Å². The van der Waals surface area contributed by atoms with E-state index in [0.29, 0.717) is 0 Å². The minimum atomic E-state index is -0.350. The summed E-state index contributed by atoms with van der Waals surface area (Å²) >= 11 is 5.48. The van der Waals surface area contributed by atoms with Crippen molar-refractivity contribution in [2.45, 2.75) is 24.2 Å². The van der Waals surface area contributed by atoms with Crippen LogP contribution in [0, 0.1) is 6.07 Å². The largest absolute Gasteiger partial charge is 2.00 e. The van der Waals surface area contributed by atoms with Crippen LogP contribution in [0.5, 0.6) is 0 Å². The van der Waals surface area contributed by atoms with E-state index < -0.39 is 0 Å². The first-order chi connectivity index (χ1) is 13.6. The molecule has 0 spiro atoms. The number of benzene rings is 2. The first-order valence-electron chi connectivity index (χ1n) is 9.24. The molecular formula is C25H20N2PtS. The van der Waals surface area contributed by atoms with Crippen LogP contribution in [0.4, 0.5) is 0 Å². The zero-order chi connectivity index (χ0) is 19.6. The van der Waals surface area contributed by atoms with Gasteiger partial charge in [-0.2, -0.15) is 4.90 Å². The van der Waals surface area contributed by atoms with Gasteiger partial charge in [-0.25, -0.2) is 0 Å². The molecule has 4 aromatic rings. The Kier molecular flexibility index (Phi) is 6.62. The van der Waals surface area contributed by atoms with Crippen LogP contribution < -0.4 is 0 Å². The van der Waals surface area contributed by atoms with Crippen LogP contribution >= 0.6 is 0 Å². The van der Waals surface area contributed by atoms with E-state index in [4.69, 9.17) is 22.6 Å². The molecule has 4 heteroatoms. The standard InChI is InChI=1S/C25H21N2S.Pt/c1-25(2,23-16-8-13-20(26-23)18-10-4-3-5-11-18)24-17-9-14-21(27-24)19-12-6-7-15-22(19)28;/h3-10,12-17,28H,1-2H3;/q-1;+2/p-1. The maximum absolute atomic E-state index is 5.48. The van der Waals surface area contributed by atoms with Gasteiger partial charge in [-0.1, -0.05) is 42.5 Å². The average Bonchev–Trinajstić information content (AvgIpc) is 2.75. The summed E-state index contributed by atoms with van der Waals surface area (Å²) in [5.41, 5.74) is 5.36. The molecule has 0 aliphatic carbocycles. The van der Waals surface area contributed by atoms with Crippen molar-refractivity contribution in [1.82, 2.24) is 9.97 Å². The Bertz CT molecular complexity index is 1110. The minimum absolute atomic E-state index is 0. The Balaban J connectivity index is 0.00000240. The molecule has 0 saturated carbocycles. The Morgan fingerprint density at radius 3 is 2.00 bits per heavy atom. The molecular weight excluding hydrogens is 555 g/mol. The van der Waals surface area contributed by atoms with E-state index >= 15 is 0 Å².